The molecular weight excluding hydrogens is 392 g/mol. The van der Waals surface area contributed by atoms with E-state index in [2.05, 4.69) is 4.90 Å². The van der Waals surface area contributed by atoms with Gasteiger partial charge in [0.05, 0.1) is 24.2 Å². The molecule has 0 N–H and O–H groups in total. The van der Waals surface area contributed by atoms with Gasteiger partial charge in [-0.15, -0.1) is 0 Å². The Bertz CT molecular complexity index is 940. The first-order chi connectivity index (χ1) is 15.1. The van der Waals surface area contributed by atoms with Gasteiger partial charge in [0, 0.05) is 37.0 Å². The van der Waals surface area contributed by atoms with Crippen LogP contribution in [0.3, 0.4) is 0 Å². The van der Waals surface area contributed by atoms with Gasteiger partial charge in [0.25, 0.3) is 0 Å². The molecule has 1 atom stereocenters. The highest BCUT2D eigenvalue weighted by molar-refractivity contribution is 5.82. The van der Waals surface area contributed by atoms with Crippen molar-refractivity contribution in [3.63, 3.8) is 0 Å². The molecule has 0 aliphatic carbocycles. The highest BCUT2D eigenvalue weighted by Gasteiger charge is 2.35. The number of fused-ring (bicyclic) bond motifs is 1. The van der Waals surface area contributed by atoms with Crippen LogP contribution in [0.5, 0.6) is 0 Å². The molecule has 2 saturated heterocycles. The average Bonchev–Trinajstić information content (AvgIpc) is 2.79. The second-order valence-corrected chi connectivity index (χ2v) is 8.58. The molecule has 0 spiro atoms. The van der Waals surface area contributed by atoms with E-state index in [4.69, 9.17) is 14.7 Å². The lowest BCUT2D eigenvalue weighted by Crippen LogP contribution is -2.49. The highest BCUT2D eigenvalue weighted by atomic mass is 16.5. The van der Waals surface area contributed by atoms with Gasteiger partial charge in [0.1, 0.15) is 0 Å². The zero-order valence-electron chi connectivity index (χ0n) is 18.5. The van der Waals surface area contributed by atoms with Crippen molar-refractivity contribution in [3.8, 4) is 0 Å². The third-order valence-corrected chi connectivity index (χ3v) is 6.53. The van der Waals surface area contributed by atoms with Crippen LogP contribution in [0, 0.1) is 12.8 Å². The van der Waals surface area contributed by atoms with Crippen LogP contribution in [0.4, 0.5) is 5.95 Å². The van der Waals surface area contributed by atoms with Crippen LogP contribution < -0.4 is 4.90 Å². The fourth-order valence-corrected chi connectivity index (χ4v) is 4.84. The number of esters is 1. The number of amides is 1. The summed E-state index contributed by atoms with van der Waals surface area (Å²) in [5.41, 5.74) is 1.94. The summed E-state index contributed by atoms with van der Waals surface area (Å²) in [6, 6.07) is 8.04. The van der Waals surface area contributed by atoms with Gasteiger partial charge in [0.15, 0.2) is 0 Å². The van der Waals surface area contributed by atoms with E-state index in [0.717, 1.165) is 74.3 Å². The van der Waals surface area contributed by atoms with Crippen LogP contribution in [-0.4, -0.2) is 59.0 Å². The molecule has 0 saturated carbocycles. The number of para-hydroxylation sites is 1. The fraction of sp³-hybridized carbons (Fsp3) is 0.583. The lowest BCUT2D eigenvalue weighted by molar-refractivity contribution is -0.148. The molecule has 0 radical (unpaired) electrons. The van der Waals surface area contributed by atoms with Crippen molar-refractivity contribution in [2.24, 2.45) is 5.92 Å². The first-order valence-electron chi connectivity index (χ1n) is 11.5. The standard InChI is InChI=1S/C24H32N4O3/c1-3-31-22(29)16-19-8-6-7-13-28(19)23(30)18-11-14-27(15-12-18)24-25-17(2)20-9-4-5-10-21(20)26-24/h4-5,9-10,18-19H,3,6-8,11-16H2,1-2H3/t19-/m1/s1. The molecule has 7 heteroatoms. The number of likely N-dealkylation sites (tertiary alicyclic amines) is 1. The Balaban J connectivity index is 1.40. The zero-order chi connectivity index (χ0) is 21.8. The van der Waals surface area contributed by atoms with E-state index >= 15 is 0 Å². The Morgan fingerprint density at radius 1 is 1.06 bits per heavy atom. The van der Waals surface area contributed by atoms with Crippen molar-refractivity contribution in [3.05, 3.63) is 30.0 Å². The molecule has 2 aliphatic heterocycles. The molecule has 2 aliphatic rings. The summed E-state index contributed by atoms with van der Waals surface area (Å²) in [6.07, 6.45) is 4.84. The SMILES string of the molecule is CCOC(=O)C[C@H]1CCCCN1C(=O)C1CCN(c2nc(C)c3ccccc3n2)CC1. The van der Waals surface area contributed by atoms with Gasteiger partial charge in [-0.25, -0.2) is 9.97 Å². The summed E-state index contributed by atoms with van der Waals surface area (Å²) in [5, 5.41) is 1.08. The second-order valence-electron chi connectivity index (χ2n) is 8.58. The number of rotatable bonds is 5. The van der Waals surface area contributed by atoms with E-state index in [-0.39, 0.29) is 23.8 Å². The van der Waals surface area contributed by atoms with E-state index in [1.807, 2.05) is 43.0 Å². The number of ether oxygens (including phenoxy) is 1. The Morgan fingerprint density at radius 2 is 1.84 bits per heavy atom. The quantitative estimate of drug-likeness (QED) is 0.684. The number of aryl methyl sites for hydroxylation is 1. The summed E-state index contributed by atoms with van der Waals surface area (Å²) in [6.45, 7) is 6.50. The smallest absolute Gasteiger partial charge is 0.307 e. The maximum Gasteiger partial charge on any atom is 0.307 e. The molecule has 1 aromatic heterocycles. The van der Waals surface area contributed by atoms with Crippen molar-refractivity contribution < 1.29 is 14.3 Å². The number of benzene rings is 1. The fourth-order valence-electron chi connectivity index (χ4n) is 4.84. The van der Waals surface area contributed by atoms with Crippen molar-refractivity contribution in [2.45, 2.75) is 58.4 Å². The molecule has 4 rings (SSSR count). The van der Waals surface area contributed by atoms with Gasteiger partial charge < -0.3 is 14.5 Å². The predicted octanol–water partition coefficient (Wildman–Crippen LogP) is 3.49. The third-order valence-electron chi connectivity index (χ3n) is 6.53. The van der Waals surface area contributed by atoms with Crippen LogP contribution in [0.1, 0.15) is 51.1 Å². The van der Waals surface area contributed by atoms with Gasteiger partial charge in [-0.1, -0.05) is 18.2 Å². The summed E-state index contributed by atoms with van der Waals surface area (Å²) >= 11 is 0. The normalized spacial score (nSPS) is 20.1. The van der Waals surface area contributed by atoms with Gasteiger partial charge in [-0.3, -0.25) is 9.59 Å². The molecule has 166 valence electrons. The molecule has 7 nitrogen and oxygen atoms in total. The second kappa shape index (κ2) is 9.62. The molecule has 1 amide bonds. The zero-order valence-corrected chi connectivity index (χ0v) is 18.5. The Labute approximate surface area is 183 Å². The molecule has 2 aromatic rings. The van der Waals surface area contributed by atoms with Gasteiger partial charge in [-0.2, -0.15) is 0 Å². The van der Waals surface area contributed by atoms with Crippen LogP contribution in [0.25, 0.3) is 10.9 Å². The van der Waals surface area contributed by atoms with Crippen LogP contribution >= 0.6 is 0 Å². The minimum atomic E-state index is -0.203. The molecule has 0 bridgehead atoms. The Kier molecular flexibility index (Phi) is 6.68. The first-order valence-corrected chi connectivity index (χ1v) is 11.5. The lowest BCUT2D eigenvalue weighted by atomic mass is 9.92. The van der Waals surface area contributed by atoms with Crippen LogP contribution in [-0.2, 0) is 14.3 Å². The summed E-state index contributed by atoms with van der Waals surface area (Å²) in [4.78, 5) is 38.9. The van der Waals surface area contributed by atoms with Crippen molar-refractivity contribution >= 4 is 28.7 Å². The molecule has 2 fully saturated rings. The Morgan fingerprint density at radius 3 is 2.61 bits per heavy atom. The molecule has 1 aromatic carbocycles. The van der Waals surface area contributed by atoms with Crippen LogP contribution in [0.2, 0.25) is 0 Å². The maximum absolute atomic E-state index is 13.3. The van der Waals surface area contributed by atoms with Crippen LogP contribution in [0.15, 0.2) is 24.3 Å². The molecule has 0 unspecified atom stereocenters. The largest absolute Gasteiger partial charge is 0.466 e. The minimum Gasteiger partial charge on any atom is -0.466 e. The molecule has 3 heterocycles. The summed E-state index contributed by atoms with van der Waals surface area (Å²) < 4.78 is 5.12. The monoisotopic (exact) mass is 424 g/mol. The number of aromatic nitrogens is 2. The summed E-state index contributed by atoms with van der Waals surface area (Å²) in [7, 11) is 0. The van der Waals surface area contributed by atoms with Gasteiger partial charge in [-0.05, 0) is 52.0 Å². The number of anilines is 1. The third kappa shape index (κ3) is 4.81. The van der Waals surface area contributed by atoms with Crippen molar-refractivity contribution in [2.75, 3.05) is 31.1 Å². The Hall–Kier alpha value is -2.70. The van der Waals surface area contributed by atoms with E-state index < -0.39 is 0 Å². The maximum atomic E-state index is 13.3. The first kappa shape index (κ1) is 21.5. The van der Waals surface area contributed by atoms with E-state index in [0.29, 0.717) is 13.0 Å². The topological polar surface area (TPSA) is 75.6 Å². The van der Waals surface area contributed by atoms with Gasteiger partial charge in [0.2, 0.25) is 11.9 Å². The van der Waals surface area contributed by atoms with E-state index in [9.17, 15) is 9.59 Å². The predicted molar refractivity (Wildman–Crippen MR) is 120 cm³/mol. The summed E-state index contributed by atoms with van der Waals surface area (Å²) in [5.74, 6) is 0.746. The lowest BCUT2D eigenvalue weighted by Gasteiger charge is -2.39. The van der Waals surface area contributed by atoms with Crippen molar-refractivity contribution in [1.82, 2.24) is 14.9 Å². The number of carbonyl (C=O) groups is 2. The van der Waals surface area contributed by atoms with E-state index in [1.54, 1.807) is 0 Å². The average molecular weight is 425 g/mol. The number of hydrogen-bond acceptors (Lipinski definition) is 6. The van der Waals surface area contributed by atoms with Crippen molar-refractivity contribution in [1.29, 1.82) is 0 Å². The molecular formula is C24H32N4O3. The highest BCUT2D eigenvalue weighted by Crippen LogP contribution is 2.28. The van der Waals surface area contributed by atoms with Gasteiger partial charge >= 0.3 is 5.97 Å². The number of nitrogens with zero attached hydrogens (tertiary/aromatic N) is 4. The number of piperidine rings is 2. The number of hydrogen-bond donors (Lipinski definition) is 0. The number of carbonyl (C=O) groups excluding carboxylic acids is 2. The minimum absolute atomic E-state index is 0.000555. The van der Waals surface area contributed by atoms with E-state index in [1.165, 1.54) is 0 Å². The molecule has 31 heavy (non-hydrogen) atoms.